The van der Waals surface area contributed by atoms with Gasteiger partial charge in [-0.05, 0) is 120 Å². The summed E-state index contributed by atoms with van der Waals surface area (Å²) >= 11 is 6.56. The van der Waals surface area contributed by atoms with Gasteiger partial charge in [0.25, 0.3) is 11.8 Å². The Kier molecular flexibility index (Phi) is 13.2. The summed E-state index contributed by atoms with van der Waals surface area (Å²) in [5, 5.41) is 25.4. The van der Waals surface area contributed by atoms with Crippen LogP contribution in [0.5, 0.6) is 0 Å². The van der Waals surface area contributed by atoms with Crippen LogP contribution >= 0.6 is 11.6 Å². The van der Waals surface area contributed by atoms with Gasteiger partial charge >= 0.3 is 11.9 Å². The minimum atomic E-state index is -1.05. The first-order chi connectivity index (χ1) is 31.9. The lowest BCUT2D eigenvalue weighted by Gasteiger charge is -2.25. The number of fused-ring (bicyclic) bond motifs is 2. The number of benzene rings is 4. The van der Waals surface area contributed by atoms with Crippen molar-refractivity contribution in [3.8, 4) is 44.9 Å². The number of carboxylic acids is 2. The second-order valence-corrected chi connectivity index (χ2v) is 16.7. The summed E-state index contributed by atoms with van der Waals surface area (Å²) in [4.78, 5) is 58.3. The number of carbonyl (C=O) groups is 4. The van der Waals surface area contributed by atoms with Crippen molar-refractivity contribution in [1.29, 1.82) is 0 Å². The largest absolute Gasteiger partial charge is 0.478 e. The van der Waals surface area contributed by atoms with Crippen molar-refractivity contribution < 1.29 is 47.0 Å². The number of rotatable bonds is 9. The molecule has 8 rings (SSSR count). The van der Waals surface area contributed by atoms with Crippen LogP contribution in [0.4, 0.5) is 8.78 Å². The fourth-order valence-corrected chi connectivity index (χ4v) is 8.00. The maximum absolute atomic E-state index is 13.5. The summed E-state index contributed by atoms with van der Waals surface area (Å²) < 4.78 is 38.9. The Morgan fingerprint density at radius 2 is 1.16 bits per heavy atom. The molecule has 340 valence electrons. The summed E-state index contributed by atoms with van der Waals surface area (Å²) in [6, 6.07) is 26.2. The molecule has 0 unspecified atom stereocenters. The topological polar surface area (TPSA) is 185 Å². The average molecular weight is 925 g/mol. The zero-order valence-corrected chi connectivity index (χ0v) is 38.0. The van der Waals surface area contributed by atoms with E-state index in [0.717, 1.165) is 5.57 Å². The van der Waals surface area contributed by atoms with E-state index >= 15 is 0 Å². The first-order valence-corrected chi connectivity index (χ1v) is 21.1. The number of carboxylic acid groups (broad SMARTS) is 2. The molecule has 0 aliphatic rings. The fraction of sp³-hybridized carbons (Fsp3) is 0.154. The van der Waals surface area contributed by atoms with Gasteiger partial charge in [0.1, 0.15) is 28.3 Å². The Morgan fingerprint density at radius 1 is 0.657 bits per heavy atom. The highest BCUT2D eigenvalue weighted by atomic mass is 35.5. The van der Waals surface area contributed by atoms with Crippen molar-refractivity contribution in [2.75, 3.05) is 14.1 Å². The third-order valence-corrected chi connectivity index (χ3v) is 11.3. The van der Waals surface area contributed by atoms with Gasteiger partial charge in [0.2, 0.25) is 11.4 Å². The zero-order chi connectivity index (χ0) is 48.5. The highest BCUT2D eigenvalue weighted by molar-refractivity contribution is 6.33. The van der Waals surface area contributed by atoms with Gasteiger partial charge in [0.05, 0.1) is 38.7 Å². The quantitative estimate of drug-likeness (QED) is 0.102. The second kappa shape index (κ2) is 18.9. The first kappa shape index (κ1) is 47.0. The number of pyridine rings is 2. The number of amides is 2. The van der Waals surface area contributed by atoms with Crippen LogP contribution in [0.2, 0.25) is 5.15 Å². The van der Waals surface area contributed by atoms with Crippen molar-refractivity contribution in [3.05, 3.63) is 160 Å². The van der Waals surface area contributed by atoms with Crippen LogP contribution in [0.25, 0.3) is 72.7 Å². The molecule has 0 aliphatic heterocycles. The highest BCUT2D eigenvalue weighted by Gasteiger charge is 2.30. The van der Waals surface area contributed by atoms with Gasteiger partial charge < -0.3 is 29.7 Å². The highest BCUT2D eigenvalue weighted by Crippen LogP contribution is 2.43. The fourth-order valence-electron chi connectivity index (χ4n) is 7.76. The minimum absolute atomic E-state index is 0.100. The van der Waals surface area contributed by atoms with Gasteiger partial charge in [-0.2, -0.15) is 0 Å². The summed E-state index contributed by atoms with van der Waals surface area (Å²) in [6.45, 7) is 9.51. The van der Waals surface area contributed by atoms with Gasteiger partial charge in [-0.3, -0.25) is 9.59 Å². The maximum atomic E-state index is 13.5. The first-order valence-electron chi connectivity index (χ1n) is 20.8. The van der Waals surface area contributed by atoms with E-state index in [1.165, 1.54) is 68.7 Å². The molecular weight excluding hydrogens is 882 g/mol. The SMILES string of the molecule is C/C=C(/C)c1nc2oc(-c3ccc(F)cc3)c(C(=O)NC)c2cc1-c1cccc(C(=O)O)c1.CNC(=O)c1c(-c2ccc(F)cc2)oc2nc(Cl)c(-c3cccc(C(=O)O)c3C(C)(C)C)cc12. The van der Waals surface area contributed by atoms with Gasteiger partial charge in [0.15, 0.2) is 0 Å². The number of furan rings is 2. The number of aromatic nitrogens is 2. The predicted molar refractivity (Wildman–Crippen MR) is 253 cm³/mol. The monoisotopic (exact) mass is 924 g/mol. The molecule has 8 aromatic rings. The summed E-state index contributed by atoms with van der Waals surface area (Å²) in [7, 11) is 3.01. The third-order valence-electron chi connectivity index (χ3n) is 11.0. The Balaban J connectivity index is 0.000000199. The summed E-state index contributed by atoms with van der Waals surface area (Å²) in [5.41, 5.74) is 6.12. The predicted octanol–water partition coefficient (Wildman–Crippen LogP) is 12.1. The standard InChI is InChI=1S/C26H22ClFN2O4.C26H21FN2O4/c1-26(2,3)20-15(6-5-7-16(20)25(32)33)17-12-18-19(23(31)29-4)21(34-24(18)30-22(17)27)13-8-10-14(28)11-9-13;1-4-14(2)22-19(16-6-5-7-17(12-16)26(31)32)13-20-21(24(30)28-3)23(33-25(20)29-22)15-8-10-18(27)11-9-15/h5-12H,1-4H3,(H,29,31)(H,32,33);4-13H,1-3H3,(H,28,30)(H,31,32)/b;14-4-. The molecule has 4 N–H and O–H groups in total. The number of halogens is 3. The molecule has 2 amide bonds. The molecule has 0 fully saturated rings. The van der Waals surface area contributed by atoms with Crippen molar-refractivity contribution >= 4 is 63.1 Å². The molecule has 0 spiro atoms. The molecule has 0 bridgehead atoms. The molecule has 12 nitrogen and oxygen atoms in total. The van der Waals surface area contributed by atoms with Crippen LogP contribution in [0.15, 0.2) is 118 Å². The van der Waals surface area contributed by atoms with E-state index in [1.54, 1.807) is 48.5 Å². The molecule has 4 heterocycles. The molecule has 4 aromatic carbocycles. The lowest BCUT2D eigenvalue weighted by molar-refractivity contribution is 0.0684. The van der Waals surface area contributed by atoms with Gasteiger partial charge in [0, 0.05) is 36.3 Å². The molecule has 0 aliphatic carbocycles. The number of hydrogen-bond donors (Lipinski definition) is 4. The average Bonchev–Trinajstić information content (AvgIpc) is 3.88. The van der Waals surface area contributed by atoms with E-state index in [9.17, 15) is 38.2 Å². The Bertz CT molecular complexity index is 3300. The van der Waals surface area contributed by atoms with Gasteiger partial charge in [-0.1, -0.05) is 62.7 Å². The Hall–Kier alpha value is -7.97. The number of nitrogens with one attached hydrogen (secondary N) is 2. The van der Waals surface area contributed by atoms with Crippen LogP contribution < -0.4 is 10.6 Å². The van der Waals surface area contributed by atoms with E-state index in [1.807, 2.05) is 40.7 Å². The lowest BCUT2D eigenvalue weighted by Crippen LogP contribution is -2.19. The van der Waals surface area contributed by atoms with Crippen LogP contribution in [-0.4, -0.2) is 58.0 Å². The zero-order valence-electron chi connectivity index (χ0n) is 37.3. The molecular formula is C52H43ClF2N4O8. The lowest BCUT2D eigenvalue weighted by atomic mass is 9.79. The van der Waals surface area contributed by atoms with Gasteiger partial charge in [-0.15, -0.1) is 0 Å². The molecule has 0 atom stereocenters. The Labute approximate surface area is 388 Å². The molecule has 67 heavy (non-hydrogen) atoms. The molecule has 4 aromatic heterocycles. The Morgan fingerprint density at radius 3 is 1.64 bits per heavy atom. The number of allylic oxidation sites excluding steroid dienone is 2. The molecule has 0 radical (unpaired) electrons. The van der Waals surface area contributed by atoms with E-state index in [-0.39, 0.29) is 56.3 Å². The number of nitrogens with zero attached hydrogens (tertiary/aromatic N) is 2. The van der Waals surface area contributed by atoms with Crippen LogP contribution in [0.3, 0.4) is 0 Å². The van der Waals surface area contributed by atoms with Gasteiger partial charge in [-0.25, -0.2) is 28.3 Å². The van der Waals surface area contributed by atoms with Crippen molar-refractivity contribution in [1.82, 2.24) is 20.6 Å². The van der Waals surface area contributed by atoms with Crippen molar-refractivity contribution in [3.63, 3.8) is 0 Å². The van der Waals surface area contributed by atoms with Crippen LogP contribution in [-0.2, 0) is 5.41 Å². The molecule has 15 heteroatoms. The number of hydrogen-bond acceptors (Lipinski definition) is 8. The molecule has 0 saturated carbocycles. The molecule has 0 saturated heterocycles. The maximum Gasteiger partial charge on any atom is 0.336 e. The summed E-state index contributed by atoms with van der Waals surface area (Å²) in [6.07, 6.45) is 1.89. The third kappa shape index (κ3) is 9.29. The van der Waals surface area contributed by atoms with E-state index < -0.39 is 34.9 Å². The normalized spacial score (nSPS) is 11.6. The van der Waals surface area contributed by atoms with Crippen molar-refractivity contribution in [2.24, 2.45) is 0 Å². The summed E-state index contributed by atoms with van der Waals surface area (Å²) in [5.74, 6) is -3.20. The number of aromatic carboxylic acids is 2. The van der Waals surface area contributed by atoms with Crippen LogP contribution in [0, 0.1) is 11.6 Å². The smallest absolute Gasteiger partial charge is 0.336 e. The van der Waals surface area contributed by atoms with E-state index in [4.69, 9.17) is 25.4 Å². The van der Waals surface area contributed by atoms with Crippen molar-refractivity contribution in [2.45, 2.75) is 40.0 Å². The van der Waals surface area contributed by atoms with E-state index in [0.29, 0.717) is 55.4 Å². The minimum Gasteiger partial charge on any atom is -0.478 e. The number of carbonyl (C=O) groups excluding carboxylic acids is 2. The van der Waals surface area contributed by atoms with E-state index in [2.05, 4.69) is 15.6 Å². The van der Waals surface area contributed by atoms with Crippen LogP contribution in [0.1, 0.15) is 87.3 Å². The second-order valence-electron chi connectivity index (χ2n) is 16.3.